The molecule has 25 heavy (non-hydrogen) atoms. The Morgan fingerprint density at radius 3 is 2.44 bits per heavy atom. The number of rotatable bonds is 3. The van der Waals surface area contributed by atoms with Gasteiger partial charge in [-0.3, -0.25) is 4.79 Å². The molecule has 8 heteroatoms. The number of aromatic carboxylic acids is 1. The van der Waals surface area contributed by atoms with Crippen molar-refractivity contribution in [3.05, 3.63) is 41.1 Å². The van der Waals surface area contributed by atoms with Gasteiger partial charge in [-0.15, -0.1) is 0 Å². The van der Waals surface area contributed by atoms with Crippen LogP contribution in [-0.2, 0) is 4.79 Å². The standard InChI is InChI=1S/C17H17ClN2O4S/c1-17(2,3)15(23)20-16(25)19-11-8-9(4-5-10(11)18)12-6-7-13(24-12)14(21)22/h4-8H,1-3H3,(H,21,22)(H2,19,20,23,25). The second-order valence-electron chi connectivity index (χ2n) is 6.32. The zero-order valence-corrected chi connectivity index (χ0v) is 15.4. The number of benzene rings is 1. The Balaban J connectivity index is 2.20. The highest BCUT2D eigenvalue weighted by Crippen LogP contribution is 2.30. The fourth-order valence-corrected chi connectivity index (χ4v) is 2.19. The first kappa shape index (κ1) is 19.0. The van der Waals surface area contributed by atoms with Gasteiger partial charge in [-0.25, -0.2) is 4.79 Å². The summed E-state index contributed by atoms with van der Waals surface area (Å²) in [5.41, 5.74) is 0.495. The topological polar surface area (TPSA) is 91.6 Å². The summed E-state index contributed by atoms with van der Waals surface area (Å²) in [6.07, 6.45) is 0. The van der Waals surface area contributed by atoms with Gasteiger partial charge < -0.3 is 20.2 Å². The molecular weight excluding hydrogens is 364 g/mol. The second kappa shape index (κ2) is 7.25. The van der Waals surface area contributed by atoms with Crippen molar-refractivity contribution in [1.82, 2.24) is 5.32 Å². The molecule has 0 aliphatic rings. The molecule has 132 valence electrons. The first-order valence-corrected chi connectivity index (χ1v) is 8.12. The molecule has 0 fully saturated rings. The Morgan fingerprint density at radius 1 is 1.20 bits per heavy atom. The maximum Gasteiger partial charge on any atom is 0.371 e. The average molecular weight is 381 g/mol. The highest BCUT2D eigenvalue weighted by atomic mass is 35.5. The normalized spacial score (nSPS) is 11.0. The van der Waals surface area contributed by atoms with Crippen LogP contribution in [0.4, 0.5) is 5.69 Å². The molecule has 0 bridgehead atoms. The van der Waals surface area contributed by atoms with Crippen LogP contribution in [0.3, 0.4) is 0 Å². The number of hydrogen-bond acceptors (Lipinski definition) is 4. The highest BCUT2D eigenvalue weighted by molar-refractivity contribution is 7.80. The molecule has 0 radical (unpaired) electrons. The summed E-state index contributed by atoms with van der Waals surface area (Å²) in [6.45, 7) is 5.32. The first-order valence-electron chi connectivity index (χ1n) is 7.33. The van der Waals surface area contributed by atoms with E-state index in [1.54, 1.807) is 45.0 Å². The van der Waals surface area contributed by atoms with Crippen molar-refractivity contribution >= 4 is 46.5 Å². The molecule has 6 nitrogen and oxygen atoms in total. The third-order valence-corrected chi connectivity index (χ3v) is 3.76. The minimum Gasteiger partial charge on any atom is -0.475 e. The van der Waals surface area contributed by atoms with Crippen molar-refractivity contribution in [3.8, 4) is 11.3 Å². The first-order chi connectivity index (χ1) is 11.6. The van der Waals surface area contributed by atoms with Gasteiger partial charge in [0.15, 0.2) is 5.11 Å². The zero-order valence-electron chi connectivity index (χ0n) is 13.8. The van der Waals surface area contributed by atoms with Gasteiger partial charge in [-0.1, -0.05) is 32.4 Å². The number of carboxylic acids is 1. The molecule has 0 atom stereocenters. The van der Waals surface area contributed by atoms with Gasteiger partial charge in [-0.2, -0.15) is 0 Å². The maximum absolute atomic E-state index is 12.0. The second-order valence-corrected chi connectivity index (χ2v) is 7.14. The van der Waals surface area contributed by atoms with Crippen LogP contribution in [0.2, 0.25) is 5.02 Å². The lowest BCUT2D eigenvalue weighted by Crippen LogP contribution is -2.41. The van der Waals surface area contributed by atoms with E-state index < -0.39 is 11.4 Å². The van der Waals surface area contributed by atoms with E-state index in [0.717, 1.165) is 0 Å². The van der Waals surface area contributed by atoms with Crippen LogP contribution in [-0.4, -0.2) is 22.1 Å². The van der Waals surface area contributed by atoms with Gasteiger partial charge in [-0.05, 0) is 42.5 Å². The third-order valence-electron chi connectivity index (χ3n) is 3.22. The molecule has 1 aromatic heterocycles. The van der Waals surface area contributed by atoms with Crippen LogP contribution < -0.4 is 10.6 Å². The number of amides is 1. The summed E-state index contributed by atoms with van der Waals surface area (Å²) in [4.78, 5) is 22.9. The van der Waals surface area contributed by atoms with E-state index in [1.165, 1.54) is 6.07 Å². The van der Waals surface area contributed by atoms with Crippen LogP contribution >= 0.6 is 23.8 Å². The minimum absolute atomic E-state index is 0.115. The number of nitrogens with one attached hydrogen (secondary N) is 2. The van der Waals surface area contributed by atoms with Gasteiger partial charge >= 0.3 is 5.97 Å². The lowest BCUT2D eigenvalue weighted by molar-refractivity contribution is -0.126. The molecule has 0 aliphatic heterocycles. The van der Waals surface area contributed by atoms with Crippen molar-refractivity contribution in [1.29, 1.82) is 0 Å². The smallest absolute Gasteiger partial charge is 0.371 e. The van der Waals surface area contributed by atoms with E-state index in [9.17, 15) is 9.59 Å². The van der Waals surface area contributed by atoms with Gasteiger partial charge in [0.25, 0.3) is 0 Å². The molecule has 2 rings (SSSR count). The Morgan fingerprint density at radius 2 is 1.88 bits per heavy atom. The fraction of sp³-hybridized carbons (Fsp3) is 0.235. The predicted molar refractivity (Wildman–Crippen MR) is 99.9 cm³/mol. The molecule has 0 aliphatic carbocycles. The van der Waals surface area contributed by atoms with Crippen LogP contribution in [0, 0.1) is 5.41 Å². The molecule has 1 aromatic carbocycles. The quantitative estimate of drug-likeness (QED) is 0.692. The van der Waals surface area contributed by atoms with E-state index in [0.29, 0.717) is 22.0 Å². The van der Waals surface area contributed by atoms with Crippen molar-refractivity contribution in [3.63, 3.8) is 0 Å². The predicted octanol–water partition coefficient (Wildman–Crippen LogP) is 4.16. The number of hydrogen-bond donors (Lipinski definition) is 3. The maximum atomic E-state index is 12.0. The van der Waals surface area contributed by atoms with Gasteiger partial charge in [0.05, 0.1) is 10.7 Å². The number of carboxylic acid groups (broad SMARTS) is 1. The summed E-state index contributed by atoms with van der Waals surface area (Å²) < 4.78 is 5.27. The van der Waals surface area contributed by atoms with Crippen LogP contribution in [0.1, 0.15) is 31.3 Å². The van der Waals surface area contributed by atoms with Crippen molar-refractivity contribution in [2.24, 2.45) is 5.41 Å². The number of furan rings is 1. The van der Waals surface area contributed by atoms with Crippen LogP contribution in [0.15, 0.2) is 34.7 Å². The van der Waals surface area contributed by atoms with E-state index in [4.69, 9.17) is 33.3 Å². The molecule has 1 amide bonds. The van der Waals surface area contributed by atoms with Crippen molar-refractivity contribution in [2.75, 3.05) is 5.32 Å². The molecule has 0 spiro atoms. The Bertz CT molecular complexity index is 839. The lowest BCUT2D eigenvalue weighted by atomic mass is 9.96. The SMILES string of the molecule is CC(C)(C)C(=O)NC(=S)Nc1cc(-c2ccc(C(=O)O)o2)ccc1Cl. The molecule has 0 saturated carbocycles. The monoisotopic (exact) mass is 380 g/mol. The third kappa shape index (κ3) is 4.80. The zero-order chi connectivity index (χ0) is 18.8. The number of halogens is 1. The van der Waals surface area contributed by atoms with Crippen LogP contribution in [0.5, 0.6) is 0 Å². The van der Waals surface area contributed by atoms with Crippen molar-refractivity contribution < 1.29 is 19.1 Å². The number of carbonyl (C=O) groups is 2. The van der Waals surface area contributed by atoms with Gasteiger partial charge in [0.2, 0.25) is 11.7 Å². The average Bonchev–Trinajstić information content (AvgIpc) is 2.98. The van der Waals surface area contributed by atoms with E-state index >= 15 is 0 Å². The summed E-state index contributed by atoms with van der Waals surface area (Å²) in [5.74, 6) is -1.16. The molecule has 0 saturated heterocycles. The molecule has 2 aromatic rings. The fourth-order valence-electron chi connectivity index (χ4n) is 1.83. The minimum atomic E-state index is -1.15. The van der Waals surface area contributed by atoms with Crippen molar-refractivity contribution in [2.45, 2.75) is 20.8 Å². The molecule has 0 unspecified atom stereocenters. The highest BCUT2D eigenvalue weighted by Gasteiger charge is 2.22. The molecule has 3 N–H and O–H groups in total. The Hall–Kier alpha value is -2.38. The van der Waals surface area contributed by atoms with E-state index in [-0.39, 0.29) is 16.8 Å². The lowest BCUT2D eigenvalue weighted by Gasteiger charge is -2.19. The summed E-state index contributed by atoms with van der Waals surface area (Å²) in [5, 5.41) is 14.9. The summed E-state index contributed by atoms with van der Waals surface area (Å²) in [6, 6.07) is 7.89. The Kier molecular flexibility index (Phi) is 5.49. The van der Waals surface area contributed by atoms with E-state index in [2.05, 4.69) is 10.6 Å². The number of anilines is 1. The summed E-state index contributed by atoms with van der Waals surface area (Å²) >= 11 is 11.3. The largest absolute Gasteiger partial charge is 0.475 e. The van der Waals surface area contributed by atoms with Gasteiger partial charge in [0, 0.05) is 11.0 Å². The Labute approximate surface area is 155 Å². The number of carbonyl (C=O) groups excluding carboxylic acids is 1. The molecular formula is C17H17ClN2O4S. The molecule has 1 heterocycles. The summed E-state index contributed by atoms with van der Waals surface area (Å²) in [7, 11) is 0. The number of thiocarbonyl (C=S) groups is 1. The van der Waals surface area contributed by atoms with E-state index in [1.807, 2.05) is 0 Å². The van der Waals surface area contributed by atoms with Gasteiger partial charge in [0.1, 0.15) is 5.76 Å². The van der Waals surface area contributed by atoms with Crippen LogP contribution in [0.25, 0.3) is 11.3 Å².